The third-order valence-electron chi connectivity index (χ3n) is 3.96. The Balaban J connectivity index is 2.22. The Bertz CT molecular complexity index is 388. The summed E-state index contributed by atoms with van der Waals surface area (Å²) >= 11 is 0. The van der Waals surface area contributed by atoms with Gasteiger partial charge in [-0.25, -0.2) is 0 Å². The van der Waals surface area contributed by atoms with Crippen LogP contribution in [-0.2, 0) is 0 Å². The van der Waals surface area contributed by atoms with Crippen LogP contribution in [0.3, 0.4) is 0 Å². The predicted molar refractivity (Wildman–Crippen MR) is 75.0 cm³/mol. The average molecular weight is 248 g/mol. The minimum absolute atomic E-state index is 0.149. The van der Waals surface area contributed by atoms with Crippen LogP contribution in [0.5, 0.6) is 5.75 Å². The molecule has 0 aromatic heterocycles. The lowest BCUT2D eigenvalue weighted by atomic mass is 9.85. The van der Waals surface area contributed by atoms with E-state index in [2.05, 4.69) is 31.3 Å². The Kier molecular flexibility index (Phi) is 4.25. The van der Waals surface area contributed by atoms with Crippen LogP contribution in [-0.4, -0.2) is 20.2 Å². The fraction of sp³-hybridized carbons (Fsp3) is 0.600. The van der Waals surface area contributed by atoms with E-state index in [9.17, 15) is 0 Å². The molecule has 100 valence electrons. The molecule has 1 aromatic carbocycles. The van der Waals surface area contributed by atoms with Crippen LogP contribution in [0.15, 0.2) is 12.1 Å². The maximum Gasteiger partial charge on any atom is 0.124 e. The van der Waals surface area contributed by atoms with E-state index in [1.54, 1.807) is 7.11 Å². The van der Waals surface area contributed by atoms with Crippen LogP contribution in [0.25, 0.3) is 0 Å². The van der Waals surface area contributed by atoms with Crippen LogP contribution >= 0.6 is 0 Å². The summed E-state index contributed by atoms with van der Waals surface area (Å²) in [5.41, 5.74) is 10.0. The molecule has 3 nitrogen and oxygen atoms in total. The summed E-state index contributed by atoms with van der Waals surface area (Å²) in [7, 11) is 1.72. The first-order chi connectivity index (χ1) is 8.63. The Morgan fingerprint density at radius 3 is 2.28 bits per heavy atom. The molecule has 0 spiro atoms. The summed E-state index contributed by atoms with van der Waals surface area (Å²) in [5, 5.41) is 3.39. The van der Waals surface area contributed by atoms with Gasteiger partial charge in [0.05, 0.1) is 7.11 Å². The summed E-state index contributed by atoms with van der Waals surface area (Å²) in [6.45, 7) is 6.36. The second-order valence-electron chi connectivity index (χ2n) is 5.30. The Morgan fingerprint density at radius 2 is 1.78 bits per heavy atom. The number of hydrogen-bond acceptors (Lipinski definition) is 3. The fourth-order valence-corrected chi connectivity index (χ4v) is 2.97. The van der Waals surface area contributed by atoms with Gasteiger partial charge < -0.3 is 15.8 Å². The summed E-state index contributed by atoms with van der Waals surface area (Å²) < 4.78 is 5.41. The molecule has 0 bridgehead atoms. The van der Waals surface area contributed by atoms with E-state index in [1.807, 2.05) is 0 Å². The molecule has 3 heteroatoms. The summed E-state index contributed by atoms with van der Waals surface area (Å²) in [6.07, 6.45) is 2.34. The van der Waals surface area contributed by atoms with Crippen molar-refractivity contribution in [3.05, 3.63) is 28.8 Å². The normalized spacial score (nSPS) is 18.7. The zero-order valence-electron chi connectivity index (χ0n) is 11.6. The Hall–Kier alpha value is -1.06. The molecule has 1 unspecified atom stereocenters. The van der Waals surface area contributed by atoms with Gasteiger partial charge in [0.25, 0.3) is 0 Å². The van der Waals surface area contributed by atoms with Gasteiger partial charge in [-0.1, -0.05) is 12.1 Å². The molecule has 1 saturated heterocycles. The summed E-state index contributed by atoms with van der Waals surface area (Å²) in [5.74, 6) is 1.58. The predicted octanol–water partition coefficient (Wildman–Crippen LogP) is 2.31. The monoisotopic (exact) mass is 248 g/mol. The zero-order chi connectivity index (χ0) is 13.1. The summed E-state index contributed by atoms with van der Waals surface area (Å²) in [4.78, 5) is 0. The average Bonchev–Trinajstić information content (AvgIpc) is 2.38. The van der Waals surface area contributed by atoms with Crippen molar-refractivity contribution >= 4 is 0 Å². The van der Waals surface area contributed by atoms with Crippen molar-refractivity contribution in [2.24, 2.45) is 11.7 Å². The van der Waals surface area contributed by atoms with Gasteiger partial charge in [-0.2, -0.15) is 0 Å². The van der Waals surface area contributed by atoms with E-state index in [0.717, 1.165) is 18.8 Å². The molecule has 1 fully saturated rings. The first-order valence-electron chi connectivity index (χ1n) is 6.75. The van der Waals surface area contributed by atoms with Crippen molar-refractivity contribution in [2.45, 2.75) is 32.7 Å². The van der Waals surface area contributed by atoms with Gasteiger partial charge in [0.2, 0.25) is 0 Å². The second kappa shape index (κ2) is 5.72. The number of nitrogens with one attached hydrogen (secondary N) is 1. The smallest absolute Gasteiger partial charge is 0.124 e. The first kappa shape index (κ1) is 13.4. The van der Waals surface area contributed by atoms with E-state index in [4.69, 9.17) is 10.5 Å². The van der Waals surface area contributed by atoms with Gasteiger partial charge in [-0.3, -0.25) is 0 Å². The quantitative estimate of drug-likeness (QED) is 0.863. The van der Waals surface area contributed by atoms with Gasteiger partial charge in [-0.05, 0) is 62.4 Å². The van der Waals surface area contributed by atoms with Gasteiger partial charge in [0.15, 0.2) is 0 Å². The van der Waals surface area contributed by atoms with Crippen molar-refractivity contribution in [1.82, 2.24) is 5.32 Å². The van der Waals surface area contributed by atoms with E-state index in [0.29, 0.717) is 5.92 Å². The number of ether oxygens (including phenoxy) is 1. The lowest BCUT2D eigenvalue weighted by molar-refractivity contribution is 0.321. The minimum atomic E-state index is 0.149. The lowest BCUT2D eigenvalue weighted by Gasteiger charge is -2.29. The van der Waals surface area contributed by atoms with Gasteiger partial charge in [0, 0.05) is 6.04 Å². The van der Waals surface area contributed by atoms with Crippen LogP contribution < -0.4 is 15.8 Å². The Morgan fingerprint density at radius 1 is 1.22 bits per heavy atom. The highest BCUT2D eigenvalue weighted by atomic mass is 16.5. The molecule has 0 amide bonds. The van der Waals surface area contributed by atoms with E-state index in [-0.39, 0.29) is 6.04 Å². The number of methoxy groups -OCH3 is 1. The van der Waals surface area contributed by atoms with E-state index in [1.165, 1.54) is 29.5 Å². The van der Waals surface area contributed by atoms with Crippen LogP contribution in [0.1, 0.15) is 35.6 Å². The van der Waals surface area contributed by atoms with Crippen molar-refractivity contribution in [3.8, 4) is 5.75 Å². The molecule has 0 saturated carbocycles. The number of benzene rings is 1. The molecule has 3 N–H and O–H groups in total. The van der Waals surface area contributed by atoms with Gasteiger partial charge in [-0.15, -0.1) is 0 Å². The maximum atomic E-state index is 6.43. The Labute approximate surface area is 110 Å². The highest BCUT2D eigenvalue weighted by Gasteiger charge is 2.22. The van der Waals surface area contributed by atoms with Crippen LogP contribution in [0, 0.1) is 19.8 Å². The molecule has 0 radical (unpaired) electrons. The number of hydrogen-bond donors (Lipinski definition) is 2. The third-order valence-corrected chi connectivity index (χ3v) is 3.96. The largest absolute Gasteiger partial charge is 0.496 e. The third kappa shape index (κ3) is 2.68. The highest BCUT2D eigenvalue weighted by Crippen LogP contribution is 2.31. The van der Waals surface area contributed by atoms with Crippen LogP contribution in [0.2, 0.25) is 0 Å². The molecule has 1 atom stereocenters. The van der Waals surface area contributed by atoms with Gasteiger partial charge in [0.1, 0.15) is 5.75 Å². The summed E-state index contributed by atoms with van der Waals surface area (Å²) in [6, 6.07) is 4.51. The number of rotatable bonds is 3. The zero-order valence-corrected chi connectivity index (χ0v) is 11.6. The first-order valence-corrected chi connectivity index (χ1v) is 6.75. The molecular weight excluding hydrogens is 224 g/mol. The van der Waals surface area contributed by atoms with Crippen molar-refractivity contribution in [2.75, 3.05) is 20.2 Å². The molecule has 18 heavy (non-hydrogen) atoms. The SMILES string of the molecule is COc1c(C)cc(C(N)C2CCNCC2)cc1C. The van der Waals surface area contributed by atoms with Crippen molar-refractivity contribution < 1.29 is 4.74 Å². The molecule has 0 aliphatic carbocycles. The van der Waals surface area contributed by atoms with Gasteiger partial charge >= 0.3 is 0 Å². The number of nitrogens with two attached hydrogens (primary N) is 1. The molecule has 2 rings (SSSR count). The van der Waals surface area contributed by atoms with E-state index < -0.39 is 0 Å². The number of piperidine rings is 1. The highest BCUT2D eigenvalue weighted by molar-refractivity contribution is 5.44. The fourth-order valence-electron chi connectivity index (χ4n) is 2.97. The number of aryl methyl sites for hydroxylation is 2. The maximum absolute atomic E-state index is 6.43. The molecule has 1 aliphatic heterocycles. The molecule has 1 heterocycles. The second-order valence-corrected chi connectivity index (χ2v) is 5.30. The molecule has 1 aliphatic rings. The van der Waals surface area contributed by atoms with Crippen molar-refractivity contribution in [1.29, 1.82) is 0 Å². The minimum Gasteiger partial charge on any atom is -0.496 e. The van der Waals surface area contributed by atoms with Crippen LogP contribution in [0.4, 0.5) is 0 Å². The molecule has 1 aromatic rings. The standard InChI is InChI=1S/C15H24N2O/c1-10-8-13(9-11(2)15(10)18-3)14(16)12-4-6-17-7-5-12/h8-9,12,14,17H,4-7,16H2,1-3H3. The topological polar surface area (TPSA) is 47.3 Å². The lowest BCUT2D eigenvalue weighted by Crippen LogP contribution is -2.33. The van der Waals surface area contributed by atoms with Crippen molar-refractivity contribution in [3.63, 3.8) is 0 Å². The van der Waals surface area contributed by atoms with E-state index >= 15 is 0 Å². The molecular formula is C15H24N2O.